The lowest BCUT2D eigenvalue weighted by Gasteiger charge is -2.29. The first-order chi connectivity index (χ1) is 8.77. The number of hydrazine groups is 1. The van der Waals surface area contributed by atoms with E-state index in [9.17, 15) is 4.79 Å². The van der Waals surface area contributed by atoms with Crippen molar-refractivity contribution in [2.45, 2.75) is 19.3 Å². The number of nitrogens with one attached hydrogen (secondary N) is 2. The van der Waals surface area contributed by atoms with E-state index in [0.717, 1.165) is 25.9 Å². The highest BCUT2D eigenvalue weighted by Gasteiger charge is 2.13. The molecule has 2 heterocycles. The zero-order valence-corrected chi connectivity index (χ0v) is 10.9. The third-order valence-electron chi connectivity index (χ3n) is 2.85. The van der Waals surface area contributed by atoms with E-state index in [2.05, 4.69) is 20.7 Å². The van der Waals surface area contributed by atoms with Crippen molar-refractivity contribution in [2.75, 3.05) is 13.1 Å². The van der Waals surface area contributed by atoms with Crippen molar-refractivity contribution < 1.29 is 4.79 Å². The number of thiocarbonyl (C=S) groups is 1. The summed E-state index contributed by atoms with van der Waals surface area (Å²) in [5.74, 6) is -0.234. The Balaban J connectivity index is 1.80. The SMILES string of the molecule is O=C(NNC(=S)N1CCCCC1)c1cccnc1. The lowest BCUT2D eigenvalue weighted by atomic mass is 10.1. The smallest absolute Gasteiger partial charge is 0.271 e. The van der Waals surface area contributed by atoms with Gasteiger partial charge >= 0.3 is 0 Å². The summed E-state index contributed by atoms with van der Waals surface area (Å²) in [6, 6.07) is 3.42. The van der Waals surface area contributed by atoms with Gasteiger partial charge in [-0.25, -0.2) is 0 Å². The molecule has 0 saturated carbocycles. The monoisotopic (exact) mass is 264 g/mol. The second kappa shape index (κ2) is 6.30. The number of pyridine rings is 1. The summed E-state index contributed by atoms with van der Waals surface area (Å²) in [5, 5.41) is 0.576. The lowest BCUT2D eigenvalue weighted by Crippen LogP contribution is -2.50. The summed E-state index contributed by atoms with van der Waals surface area (Å²) in [6.45, 7) is 1.91. The summed E-state index contributed by atoms with van der Waals surface area (Å²) in [6.07, 6.45) is 6.70. The van der Waals surface area contributed by atoms with E-state index in [1.807, 2.05) is 0 Å². The molecule has 0 bridgehead atoms. The van der Waals surface area contributed by atoms with Crippen LogP contribution >= 0.6 is 12.2 Å². The average Bonchev–Trinajstić information content (AvgIpc) is 2.46. The minimum atomic E-state index is -0.234. The first-order valence-electron chi connectivity index (χ1n) is 6.02. The molecule has 0 unspecified atom stereocenters. The molecule has 1 aromatic rings. The number of hydrogen-bond acceptors (Lipinski definition) is 3. The fourth-order valence-electron chi connectivity index (χ4n) is 1.86. The molecule has 1 fully saturated rings. The van der Waals surface area contributed by atoms with Crippen LogP contribution < -0.4 is 10.9 Å². The number of amides is 1. The molecule has 6 heteroatoms. The van der Waals surface area contributed by atoms with Crippen LogP contribution in [0.1, 0.15) is 29.6 Å². The minimum Gasteiger partial charge on any atom is -0.348 e. The molecule has 1 aliphatic heterocycles. The normalized spacial score (nSPS) is 15.0. The third kappa shape index (κ3) is 3.40. The van der Waals surface area contributed by atoms with E-state index in [1.54, 1.807) is 18.3 Å². The van der Waals surface area contributed by atoms with Crippen LogP contribution in [0.5, 0.6) is 0 Å². The average molecular weight is 264 g/mol. The van der Waals surface area contributed by atoms with E-state index < -0.39 is 0 Å². The Morgan fingerprint density at radius 1 is 1.28 bits per heavy atom. The minimum absolute atomic E-state index is 0.234. The van der Waals surface area contributed by atoms with Gasteiger partial charge in [-0.3, -0.25) is 20.6 Å². The molecule has 0 aliphatic carbocycles. The van der Waals surface area contributed by atoms with Gasteiger partial charge < -0.3 is 4.90 Å². The van der Waals surface area contributed by atoms with Crippen molar-refractivity contribution in [3.63, 3.8) is 0 Å². The maximum atomic E-state index is 11.7. The molecule has 0 spiro atoms. The molecule has 2 N–H and O–H groups in total. The zero-order chi connectivity index (χ0) is 12.8. The molecule has 0 radical (unpaired) electrons. The van der Waals surface area contributed by atoms with Gasteiger partial charge in [0, 0.05) is 25.5 Å². The highest BCUT2D eigenvalue weighted by Crippen LogP contribution is 2.08. The molecule has 1 aliphatic rings. The molecule has 0 atom stereocenters. The van der Waals surface area contributed by atoms with Gasteiger partial charge in [0.05, 0.1) is 5.56 Å². The van der Waals surface area contributed by atoms with E-state index in [-0.39, 0.29) is 5.91 Å². The second-order valence-electron chi connectivity index (χ2n) is 4.17. The molecule has 96 valence electrons. The molecule has 1 aromatic heterocycles. The number of piperidine rings is 1. The van der Waals surface area contributed by atoms with Crippen molar-refractivity contribution in [3.8, 4) is 0 Å². The van der Waals surface area contributed by atoms with Crippen molar-refractivity contribution in [3.05, 3.63) is 30.1 Å². The Labute approximate surface area is 112 Å². The van der Waals surface area contributed by atoms with Gasteiger partial charge in [-0.1, -0.05) is 0 Å². The molecule has 1 saturated heterocycles. The molecule has 1 amide bonds. The summed E-state index contributed by atoms with van der Waals surface area (Å²) < 4.78 is 0. The molecular formula is C12H16N4OS. The predicted molar refractivity (Wildman–Crippen MR) is 72.9 cm³/mol. The topological polar surface area (TPSA) is 57.3 Å². The quantitative estimate of drug-likeness (QED) is 0.587. The Morgan fingerprint density at radius 3 is 2.72 bits per heavy atom. The fourth-order valence-corrected chi connectivity index (χ4v) is 2.09. The maximum absolute atomic E-state index is 11.7. The van der Waals surface area contributed by atoms with Gasteiger partial charge in [-0.05, 0) is 43.6 Å². The number of carbonyl (C=O) groups is 1. The van der Waals surface area contributed by atoms with Crippen LogP contribution in [0.15, 0.2) is 24.5 Å². The Hall–Kier alpha value is -1.69. The Kier molecular flexibility index (Phi) is 4.46. The summed E-state index contributed by atoms with van der Waals surface area (Å²) in [7, 11) is 0. The predicted octanol–water partition coefficient (Wildman–Crippen LogP) is 1.09. The van der Waals surface area contributed by atoms with Crippen LogP contribution in [0, 0.1) is 0 Å². The van der Waals surface area contributed by atoms with Crippen LogP contribution in [-0.2, 0) is 0 Å². The van der Waals surface area contributed by atoms with E-state index in [1.165, 1.54) is 12.6 Å². The number of hydrogen-bond donors (Lipinski definition) is 2. The van der Waals surface area contributed by atoms with Gasteiger partial charge in [0.2, 0.25) is 0 Å². The second-order valence-corrected chi connectivity index (χ2v) is 4.56. The summed E-state index contributed by atoms with van der Waals surface area (Å²) in [5.41, 5.74) is 5.87. The molecule has 0 aromatic carbocycles. The van der Waals surface area contributed by atoms with Crippen LogP contribution in [0.4, 0.5) is 0 Å². The van der Waals surface area contributed by atoms with Crippen molar-refractivity contribution in [2.24, 2.45) is 0 Å². The van der Waals surface area contributed by atoms with E-state index in [4.69, 9.17) is 12.2 Å². The fraction of sp³-hybridized carbons (Fsp3) is 0.417. The highest BCUT2D eigenvalue weighted by molar-refractivity contribution is 7.80. The third-order valence-corrected chi connectivity index (χ3v) is 3.21. The number of likely N-dealkylation sites (tertiary alicyclic amines) is 1. The zero-order valence-electron chi connectivity index (χ0n) is 10.1. The maximum Gasteiger partial charge on any atom is 0.271 e. The van der Waals surface area contributed by atoms with Crippen molar-refractivity contribution in [1.29, 1.82) is 0 Å². The van der Waals surface area contributed by atoms with Crippen molar-refractivity contribution in [1.82, 2.24) is 20.7 Å². The first-order valence-corrected chi connectivity index (χ1v) is 6.43. The van der Waals surface area contributed by atoms with Gasteiger partial charge in [0.25, 0.3) is 5.91 Å². The highest BCUT2D eigenvalue weighted by atomic mass is 32.1. The molecule has 18 heavy (non-hydrogen) atoms. The van der Waals surface area contributed by atoms with E-state index >= 15 is 0 Å². The number of rotatable bonds is 1. The van der Waals surface area contributed by atoms with Gasteiger partial charge in [-0.2, -0.15) is 0 Å². The van der Waals surface area contributed by atoms with Gasteiger partial charge in [0.1, 0.15) is 0 Å². The van der Waals surface area contributed by atoms with Gasteiger partial charge in [0.15, 0.2) is 5.11 Å². The molecule has 5 nitrogen and oxygen atoms in total. The first kappa shape index (κ1) is 12.8. The number of nitrogens with zero attached hydrogens (tertiary/aromatic N) is 2. The summed E-state index contributed by atoms with van der Waals surface area (Å²) >= 11 is 5.23. The standard InChI is InChI=1S/C12H16N4OS/c17-11(10-5-4-6-13-9-10)14-15-12(18)16-7-2-1-3-8-16/h4-6,9H,1-3,7-8H2,(H,14,17)(H,15,18). The molecule has 2 rings (SSSR count). The Bertz CT molecular complexity index is 417. The lowest BCUT2D eigenvalue weighted by molar-refractivity contribution is 0.0941. The largest absolute Gasteiger partial charge is 0.348 e. The number of aromatic nitrogens is 1. The van der Waals surface area contributed by atoms with Crippen LogP contribution in [-0.4, -0.2) is 34.0 Å². The van der Waals surface area contributed by atoms with Crippen LogP contribution in [0.2, 0.25) is 0 Å². The number of carbonyl (C=O) groups excluding carboxylic acids is 1. The van der Waals surface area contributed by atoms with Crippen molar-refractivity contribution >= 4 is 23.2 Å². The van der Waals surface area contributed by atoms with E-state index in [0.29, 0.717) is 10.7 Å². The van der Waals surface area contributed by atoms with Crippen LogP contribution in [0.3, 0.4) is 0 Å². The Morgan fingerprint density at radius 2 is 2.06 bits per heavy atom. The van der Waals surface area contributed by atoms with Gasteiger partial charge in [-0.15, -0.1) is 0 Å². The summed E-state index contributed by atoms with van der Waals surface area (Å²) in [4.78, 5) is 17.7. The molecular weight excluding hydrogens is 248 g/mol. The van der Waals surface area contributed by atoms with Crippen LogP contribution in [0.25, 0.3) is 0 Å².